The van der Waals surface area contributed by atoms with Crippen molar-refractivity contribution in [2.45, 2.75) is 33.4 Å². The highest BCUT2D eigenvalue weighted by molar-refractivity contribution is 5.31. The molecule has 1 aromatic carbocycles. The molecule has 0 aliphatic heterocycles. The van der Waals surface area contributed by atoms with Gasteiger partial charge in [-0.25, -0.2) is 0 Å². The number of nitrogens with one attached hydrogen (secondary N) is 1. The van der Waals surface area contributed by atoms with E-state index in [1.54, 1.807) is 0 Å². The molecule has 1 atom stereocenters. The molecule has 0 amide bonds. The van der Waals surface area contributed by atoms with E-state index >= 15 is 0 Å². The van der Waals surface area contributed by atoms with E-state index < -0.39 is 0 Å². The maximum atomic E-state index is 4.52. The standard InChI is InChI=1S/C15H21N3/c1-5-18-14(10-12(3)17-18)15(16-4)13-8-6-7-11(2)9-13/h6-10,15-16H,5H2,1-4H3. The topological polar surface area (TPSA) is 29.9 Å². The summed E-state index contributed by atoms with van der Waals surface area (Å²) >= 11 is 0. The Kier molecular flexibility index (Phi) is 3.82. The van der Waals surface area contributed by atoms with E-state index in [1.165, 1.54) is 16.8 Å². The molecule has 0 bridgehead atoms. The molecule has 0 aliphatic carbocycles. The molecule has 0 fully saturated rings. The molecule has 18 heavy (non-hydrogen) atoms. The second-order valence-corrected chi connectivity index (χ2v) is 4.66. The zero-order chi connectivity index (χ0) is 13.1. The first-order chi connectivity index (χ1) is 8.65. The van der Waals surface area contributed by atoms with Gasteiger partial charge in [0, 0.05) is 6.54 Å². The first-order valence-electron chi connectivity index (χ1n) is 6.44. The Bertz CT molecular complexity index is 528. The minimum absolute atomic E-state index is 0.200. The van der Waals surface area contributed by atoms with Crippen LogP contribution in [0.15, 0.2) is 30.3 Å². The van der Waals surface area contributed by atoms with Crippen LogP contribution in [-0.4, -0.2) is 16.8 Å². The number of hydrogen-bond acceptors (Lipinski definition) is 2. The molecule has 3 heteroatoms. The lowest BCUT2D eigenvalue weighted by Crippen LogP contribution is -2.21. The third kappa shape index (κ3) is 2.46. The highest BCUT2D eigenvalue weighted by Gasteiger charge is 2.17. The van der Waals surface area contributed by atoms with Crippen LogP contribution in [0, 0.1) is 13.8 Å². The summed E-state index contributed by atoms with van der Waals surface area (Å²) in [6.45, 7) is 7.18. The number of rotatable bonds is 4. The maximum Gasteiger partial charge on any atom is 0.0746 e. The van der Waals surface area contributed by atoms with Crippen LogP contribution in [0.2, 0.25) is 0 Å². The lowest BCUT2D eigenvalue weighted by Gasteiger charge is -2.18. The molecule has 3 nitrogen and oxygen atoms in total. The van der Waals surface area contributed by atoms with E-state index in [0.717, 1.165) is 12.2 Å². The van der Waals surface area contributed by atoms with E-state index in [0.29, 0.717) is 0 Å². The van der Waals surface area contributed by atoms with Gasteiger partial charge >= 0.3 is 0 Å². The van der Waals surface area contributed by atoms with Crippen LogP contribution in [0.5, 0.6) is 0 Å². The first-order valence-corrected chi connectivity index (χ1v) is 6.44. The summed E-state index contributed by atoms with van der Waals surface area (Å²) in [5.74, 6) is 0. The van der Waals surface area contributed by atoms with Gasteiger partial charge in [0.2, 0.25) is 0 Å². The summed E-state index contributed by atoms with van der Waals surface area (Å²) in [5, 5.41) is 7.91. The molecule has 0 saturated heterocycles. The Hall–Kier alpha value is -1.61. The monoisotopic (exact) mass is 243 g/mol. The number of hydrogen-bond donors (Lipinski definition) is 1. The average molecular weight is 243 g/mol. The predicted molar refractivity (Wildman–Crippen MR) is 74.7 cm³/mol. The third-order valence-corrected chi connectivity index (χ3v) is 3.19. The molecule has 0 spiro atoms. The molecule has 1 N–H and O–H groups in total. The van der Waals surface area contributed by atoms with Crippen molar-refractivity contribution in [2.24, 2.45) is 0 Å². The maximum absolute atomic E-state index is 4.52. The van der Waals surface area contributed by atoms with Gasteiger partial charge in [0.05, 0.1) is 17.4 Å². The number of aromatic nitrogens is 2. The van der Waals surface area contributed by atoms with Gasteiger partial charge in [0.25, 0.3) is 0 Å². The smallest absolute Gasteiger partial charge is 0.0746 e. The van der Waals surface area contributed by atoms with Gasteiger partial charge in [0.1, 0.15) is 0 Å². The Morgan fingerprint density at radius 2 is 2.06 bits per heavy atom. The lowest BCUT2D eigenvalue weighted by molar-refractivity contribution is 0.561. The molecule has 96 valence electrons. The van der Waals surface area contributed by atoms with Gasteiger partial charge in [-0.1, -0.05) is 29.8 Å². The summed E-state index contributed by atoms with van der Waals surface area (Å²) in [4.78, 5) is 0. The van der Waals surface area contributed by atoms with Crippen molar-refractivity contribution in [1.29, 1.82) is 0 Å². The molecular formula is C15H21N3. The molecular weight excluding hydrogens is 222 g/mol. The fourth-order valence-electron chi connectivity index (χ4n) is 2.39. The quantitative estimate of drug-likeness (QED) is 0.895. The number of nitrogens with zero attached hydrogens (tertiary/aromatic N) is 2. The fraction of sp³-hybridized carbons (Fsp3) is 0.400. The molecule has 2 aromatic rings. The molecule has 1 aromatic heterocycles. The van der Waals surface area contributed by atoms with Crippen molar-refractivity contribution >= 4 is 0 Å². The van der Waals surface area contributed by atoms with Gasteiger partial charge in [-0.05, 0) is 39.4 Å². The highest BCUT2D eigenvalue weighted by Crippen LogP contribution is 2.23. The largest absolute Gasteiger partial charge is 0.308 e. The highest BCUT2D eigenvalue weighted by atomic mass is 15.3. The molecule has 1 unspecified atom stereocenters. The van der Waals surface area contributed by atoms with Crippen molar-refractivity contribution in [2.75, 3.05) is 7.05 Å². The van der Waals surface area contributed by atoms with Crippen LogP contribution >= 0.6 is 0 Å². The van der Waals surface area contributed by atoms with Crippen LogP contribution in [0.25, 0.3) is 0 Å². The molecule has 0 saturated carbocycles. The van der Waals surface area contributed by atoms with Gasteiger partial charge in [-0.15, -0.1) is 0 Å². The second-order valence-electron chi connectivity index (χ2n) is 4.66. The van der Waals surface area contributed by atoms with E-state index in [2.05, 4.69) is 59.3 Å². The minimum Gasteiger partial charge on any atom is -0.308 e. The zero-order valence-corrected chi connectivity index (χ0v) is 11.6. The second kappa shape index (κ2) is 5.36. The first kappa shape index (κ1) is 12.8. The van der Waals surface area contributed by atoms with E-state index in [4.69, 9.17) is 0 Å². The summed E-state index contributed by atoms with van der Waals surface area (Å²) in [6, 6.07) is 11.0. The molecule has 1 heterocycles. The third-order valence-electron chi connectivity index (χ3n) is 3.19. The summed E-state index contributed by atoms with van der Waals surface area (Å²) in [7, 11) is 2.00. The molecule has 0 radical (unpaired) electrons. The van der Waals surface area contributed by atoms with Crippen molar-refractivity contribution in [3.05, 3.63) is 52.8 Å². The lowest BCUT2D eigenvalue weighted by atomic mass is 10.0. The molecule has 0 aliphatic rings. The van der Waals surface area contributed by atoms with Crippen molar-refractivity contribution in [3.63, 3.8) is 0 Å². The summed E-state index contributed by atoms with van der Waals surface area (Å²) in [6.07, 6.45) is 0. The van der Waals surface area contributed by atoms with E-state index in [9.17, 15) is 0 Å². The Morgan fingerprint density at radius 3 is 2.67 bits per heavy atom. The number of benzene rings is 1. The van der Waals surface area contributed by atoms with Gasteiger partial charge in [-0.3, -0.25) is 4.68 Å². The van der Waals surface area contributed by atoms with Crippen LogP contribution in [0.3, 0.4) is 0 Å². The average Bonchev–Trinajstić information content (AvgIpc) is 2.71. The number of aryl methyl sites for hydroxylation is 3. The SMILES string of the molecule is CCn1nc(C)cc1C(NC)c1cccc(C)c1. The summed E-state index contributed by atoms with van der Waals surface area (Å²) in [5.41, 5.74) is 4.86. The predicted octanol–water partition coefficient (Wildman–Crippen LogP) is 2.83. The van der Waals surface area contributed by atoms with Crippen LogP contribution < -0.4 is 5.32 Å². The van der Waals surface area contributed by atoms with Gasteiger partial charge < -0.3 is 5.32 Å². The van der Waals surface area contributed by atoms with Gasteiger partial charge in [0.15, 0.2) is 0 Å². The normalized spacial score (nSPS) is 12.7. The Morgan fingerprint density at radius 1 is 1.28 bits per heavy atom. The molecule has 2 rings (SSSR count). The fourth-order valence-corrected chi connectivity index (χ4v) is 2.39. The van der Waals surface area contributed by atoms with Crippen molar-refractivity contribution < 1.29 is 0 Å². The minimum atomic E-state index is 0.200. The summed E-state index contributed by atoms with van der Waals surface area (Å²) < 4.78 is 2.07. The zero-order valence-electron chi connectivity index (χ0n) is 11.6. The van der Waals surface area contributed by atoms with Crippen molar-refractivity contribution in [1.82, 2.24) is 15.1 Å². The van der Waals surface area contributed by atoms with Crippen LogP contribution in [0.4, 0.5) is 0 Å². The Balaban J connectivity index is 2.44. The Labute approximate surface area is 109 Å². The van der Waals surface area contributed by atoms with E-state index in [1.807, 2.05) is 14.0 Å². The van der Waals surface area contributed by atoms with Gasteiger partial charge in [-0.2, -0.15) is 5.10 Å². The van der Waals surface area contributed by atoms with Crippen LogP contribution in [-0.2, 0) is 6.54 Å². The van der Waals surface area contributed by atoms with Crippen LogP contribution in [0.1, 0.15) is 35.5 Å². The van der Waals surface area contributed by atoms with Crippen molar-refractivity contribution in [3.8, 4) is 0 Å². The van der Waals surface area contributed by atoms with E-state index in [-0.39, 0.29) is 6.04 Å².